The molecule has 0 aliphatic rings. The highest BCUT2D eigenvalue weighted by Gasteiger charge is 2.11. The summed E-state index contributed by atoms with van der Waals surface area (Å²) in [4.78, 5) is 4.12. The molecule has 2 rings (SSSR count). The van der Waals surface area contributed by atoms with Crippen molar-refractivity contribution in [3.8, 4) is 0 Å². The second-order valence-electron chi connectivity index (χ2n) is 5.49. The monoisotopic (exact) mass is 268 g/mol. The molecule has 0 saturated carbocycles. The van der Waals surface area contributed by atoms with Crippen LogP contribution in [-0.4, -0.2) is 11.5 Å². The Morgan fingerprint density at radius 3 is 2.30 bits per heavy atom. The molecule has 0 radical (unpaired) electrons. The van der Waals surface area contributed by atoms with Crippen LogP contribution in [0, 0.1) is 13.8 Å². The number of aromatic nitrogens is 1. The van der Waals surface area contributed by atoms with Crippen LogP contribution in [-0.2, 0) is 6.42 Å². The van der Waals surface area contributed by atoms with E-state index in [2.05, 4.69) is 61.4 Å². The zero-order valence-corrected chi connectivity index (χ0v) is 12.7. The summed E-state index contributed by atoms with van der Waals surface area (Å²) in [5.41, 5.74) is 5.38. The largest absolute Gasteiger partial charge is 0.310 e. The van der Waals surface area contributed by atoms with Crippen LogP contribution in [0.4, 0.5) is 0 Å². The zero-order valence-electron chi connectivity index (χ0n) is 12.7. The highest BCUT2D eigenvalue weighted by molar-refractivity contribution is 5.30. The van der Waals surface area contributed by atoms with Gasteiger partial charge < -0.3 is 5.32 Å². The lowest BCUT2D eigenvalue weighted by Gasteiger charge is -2.19. The minimum Gasteiger partial charge on any atom is -0.310 e. The Morgan fingerprint density at radius 2 is 1.70 bits per heavy atom. The average Bonchev–Trinajstić information content (AvgIpc) is 2.43. The summed E-state index contributed by atoms with van der Waals surface area (Å²) in [7, 11) is 0. The molecule has 1 N–H and O–H groups in total. The first kappa shape index (κ1) is 14.7. The van der Waals surface area contributed by atoms with Crippen LogP contribution in [0.15, 0.2) is 42.7 Å². The molecule has 2 aromatic rings. The van der Waals surface area contributed by atoms with Crippen molar-refractivity contribution in [2.45, 2.75) is 39.7 Å². The van der Waals surface area contributed by atoms with Gasteiger partial charge in [0.1, 0.15) is 0 Å². The van der Waals surface area contributed by atoms with E-state index in [0.29, 0.717) is 6.04 Å². The van der Waals surface area contributed by atoms with Crippen molar-refractivity contribution in [1.82, 2.24) is 10.3 Å². The van der Waals surface area contributed by atoms with Crippen molar-refractivity contribution in [2.24, 2.45) is 0 Å². The van der Waals surface area contributed by atoms with E-state index in [1.54, 1.807) is 0 Å². The van der Waals surface area contributed by atoms with Gasteiger partial charge in [-0.1, -0.05) is 36.2 Å². The number of rotatable bonds is 6. The molecule has 106 valence electrons. The van der Waals surface area contributed by atoms with Gasteiger partial charge in [0.05, 0.1) is 0 Å². The topological polar surface area (TPSA) is 24.9 Å². The van der Waals surface area contributed by atoms with Crippen molar-refractivity contribution in [3.63, 3.8) is 0 Å². The lowest BCUT2D eigenvalue weighted by Crippen LogP contribution is -2.24. The quantitative estimate of drug-likeness (QED) is 0.857. The first-order valence-corrected chi connectivity index (χ1v) is 7.39. The minimum absolute atomic E-state index is 0.360. The Bertz CT molecular complexity index is 514. The predicted molar refractivity (Wildman–Crippen MR) is 84.9 cm³/mol. The van der Waals surface area contributed by atoms with Crippen LogP contribution in [0.5, 0.6) is 0 Å². The van der Waals surface area contributed by atoms with Crippen LogP contribution < -0.4 is 5.32 Å². The summed E-state index contributed by atoms with van der Waals surface area (Å²) >= 11 is 0. The van der Waals surface area contributed by atoms with E-state index in [9.17, 15) is 0 Å². The maximum atomic E-state index is 4.12. The smallest absolute Gasteiger partial charge is 0.0361 e. The fourth-order valence-electron chi connectivity index (χ4n) is 2.64. The van der Waals surface area contributed by atoms with Crippen molar-refractivity contribution < 1.29 is 0 Å². The first-order valence-electron chi connectivity index (χ1n) is 7.39. The second kappa shape index (κ2) is 7.20. The standard InChI is InChI=1S/C18H24N2/c1-4-7-20-18(17-5-8-19-9-6-17)13-16-11-14(2)10-15(3)12-16/h5-6,8-12,18,20H,4,7,13H2,1-3H3. The van der Waals surface area contributed by atoms with Crippen LogP contribution in [0.2, 0.25) is 0 Å². The molecule has 1 unspecified atom stereocenters. The van der Waals surface area contributed by atoms with E-state index in [-0.39, 0.29) is 0 Å². The summed E-state index contributed by atoms with van der Waals surface area (Å²) in [5, 5.41) is 3.65. The van der Waals surface area contributed by atoms with Gasteiger partial charge in [0, 0.05) is 18.4 Å². The lowest BCUT2D eigenvalue weighted by molar-refractivity contribution is 0.528. The van der Waals surface area contributed by atoms with Gasteiger partial charge in [-0.15, -0.1) is 0 Å². The van der Waals surface area contributed by atoms with E-state index in [0.717, 1.165) is 19.4 Å². The lowest BCUT2D eigenvalue weighted by atomic mass is 9.97. The number of pyridine rings is 1. The van der Waals surface area contributed by atoms with Gasteiger partial charge in [0.25, 0.3) is 0 Å². The number of aryl methyl sites for hydroxylation is 2. The maximum Gasteiger partial charge on any atom is 0.0361 e. The van der Waals surface area contributed by atoms with Crippen molar-refractivity contribution >= 4 is 0 Å². The fraction of sp³-hybridized carbons (Fsp3) is 0.389. The van der Waals surface area contributed by atoms with E-state index in [1.165, 1.54) is 22.3 Å². The molecule has 2 nitrogen and oxygen atoms in total. The Hall–Kier alpha value is -1.67. The molecule has 0 spiro atoms. The summed E-state index contributed by atoms with van der Waals surface area (Å²) in [6.45, 7) is 7.57. The third kappa shape index (κ3) is 4.17. The molecule has 1 heterocycles. The Balaban J connectivity index is 2.19. The molecule has 0 saturated heterocycles. The third-order valence-corrected chi connectivity index (χ3v) is 3.47. The maximum absolute atomic E-state index is 4.12. The highest BCUT2D eigenvalue weighted by Crippen LogP contribution is 2.19. The van der Waals surface area contributed by atoms with Crippen LogP contribution in [0.3, 0.4) is 0 Å². The van der Waals surface area contributed by atoms with Crippen molar-refractivity contribution in [1.29, 1.82) is 0 Å². The average molecular weight is 268 g/mol. The molecule has 20 heavy (non-hydrogen) atoms. The summed E-state index contributed by atoms with van der Waals surface area (Å²) in [6, 6.07) is 11.4. The van der Waals surface area contributed by atoms with Gasteiger partial charge in [-0.25, -0.2) is 0 Å². The molecule has 2 heteroatoms. The van der Waals surface area contributed by atoms with Gasteiger partial charge in [0.2, 0.25) is 0 Å². The number of benzene rings is 1. The second-order valence-corrected chi connectivity index (χ2v) is 5.49. The minimum atomic E-state index is 0.360. The van der Waals surface area contributed by atoms with Gasteiger partial charge in [-0.3, -0.25) is 4.98 Å². The number of hydrogen-bond acceptors (Lipinski definition) is 2. The number of hydrogen-bond donors (Lipinski definition) is 1. The van der Waals surface area contributed by atoms with Crippen LogP contribution in [0.25, 0.3) is 0 Å². The van der Waals surface area contributed by atoms with Gasteiger partial charge in [-0.2, -0.15) is 0 Å². The summed E-state index contributed by atoms with van der Waals surface area (Å²) < 4.78 is 0. The van der Waals surface area contributed by atoms with Gasteiger partial charge in [-0.05, 0) is 56.5 Å². The predicted octanol–water partition coefficient (Wildman–Crippen LogP) is 3.98. The molecule has 0 aliphatic carbocycles. The molecule has 1 aromatic carbocycles. The molecular weight excluding hydrogens is 244 g/mol. The molecule has 0 amide bonds. The van der Waals surface area contributed by atoms with Crippen LogP contribution >= 0.6 is 0 Å². The van der Waals surface area contributed by atoms with E-state index in [4.69, 9.17) is 0 Å². The Kier molecular flexibility index (Phi) is 5.31. The van der Waals surface area contributed by atoms with Gasteiger partial charge >= 0.3 is 0 Å². The fourth-order valence-corrected chi connectivity index (χ4v) is 2.64. The van der Waals surface area contributed by atoms with E-state index in [1.807, 2.05) is 12.4 Å². The molecule has 0 aliphatic heterocycles. The summed E-state index contributed by atoms with van der Waals surface area (Å²) in [5.74, 6) is 0. The molecule has 1 atom stereocenters. The zero-order chi connectivity index (χ0) is 14.4. The Morgan fingerprint density at radius 1 is 1.05 bits per heavy atom. The SMILES string of the molecule is CCCNC(Cc1cc(C)cc(C)c1)c1ccncc1. The molecule has 0 fully saturated rings. The highest BCUT2D eigenvalue weighted by atomic mass is 14.9. The normalized spacial score (nSPS) is 12.3. The van der Waals surface area contributed by atoms with E-state index >= 15 is 0 Å². The van der Waals surface area contributed by atoms with E-state index < -0.39 is 0 Å². The number of nitrogens with one attached hydrogen (secondary N) is 1. The van der Waals surface area contributed by atoms with Crippen molar-refractivity contribution in [3.05, 3.63) is 65.0 Å². The molecule has 1 aromatic heterocycles. The third-order valence-electron chi connectivity index (χ3n) is 3.47. The van der Waals surface area contributed by atoms with Crippen LogP contribution in [0.1, 0.15) is 41.6 Å². The molecular formula is C18H24N2. The molecule has 0 bridgehead atoms. The Labute approximate surface area is 122 Å². The van der Waals surface area contributed by atoms with Gasteiger partial charge in [0.15, 0.2) is 0 Å². The van der Waals surface area contributed by atoms with Crippen molar-refractivity contribution in [2.75, 3.05) is 6.54 Å². The number of nitrogens with zero attached hydrogens (tertiary/aromatic N) is 1. The summed E-state index contributed by atoms with van der Waals surface area (Å²) in [6.07, 6.45) is 5.91. The first-order chi connectivity index (χ1) is 9.69.